The summed E-state index contributed by atoms with van der Waals surface area (Å²) in [7, 11) is 0. The Kier molecular flexibility index (Phi) is 11.2. The number of carboxylic acids is 1. The van der Waals surface area contributed by atoms with E-state index in [0.717, 1.165) is 6.92 Å². The van der Waals surface area contributed by atoms with Crippen molar-refractivity contribution in [3.8, 4) is 0 Å². The lowest BCUT2D eigenvalue weighted by Gasteiger charge is -2.05. The van der Waals surface area contributed by atoms with E-state index in [1.807, 2.05) is 30.3 Å². The molecule has 3 nitrogen and oxygen atoms in total. The van der Waals surface area contributed by atoms with Gasteiger partial charge >= 0.3 is 0 Å². The lowest BCUT2D eigenvalue weighted by atomic mass is 10.0. The van der Waals surface area contributed by atoms with Gasteiger partial charge in [0.25, 0.3) is 5.97 Å². The van der Waals surface area contributed by atoms with Crippen LogP contribution in [0, 0.1) is 0 Å². The summed E-state index contributed by atoms with van der Waals surface area (Å²) in [6.07, 6.45) is 9.00. The maximum Gasteiger partial charge on any atom is 0.300 e. The number of hydrogen-bond donors (Lipinski definition) is 2. The van der Waals surface area contributed by atoms with E-state index in [9.17, 15) is 0 Å². The SMILES string of the molecule is C1CCCCC1.CC(=O)O.NCc1ccccc1. The van der Waals surface area contributed by atoms with Crippen LogP contribution in [0.2, 0.25) is 0 Å². The molecule has 1 saturated carbocycles. The summed E-state index contributed by atoms with van der Waals surface area (Å²) in [5.41, 5.74) is 6.54. The third kappa shape index (κ3) is 12.7. The first kappa shape index (κ1) is 16.6. The molecular weight excluding hydrogens is 226 g/mol. The number of nitrogens with two attached hydrogens (primary N) is 1. The lowest BCUT2D eigenvalue weighted by molar-refractivity contribution is -0.134. The molecule has 0 heterocycles. The van der Waals surface area contributed by atoms with Crippen molar-refractivity contribution in [1.82, 2.24) is 0 Å². The van der Waals surface area contributed by atoms with Gasteiger partial charge in [-0.05, 0) is 5.56 Å². The van der Waals surface area contributed by atoms with Gasteiger partial charge in [-0.25, -0.2) is 0 Å². The van der Waals surface area contributed by atoms with E-state index >= 15 is 0 Å². The zero-order valence-electron chi connectivity index (χ0n) is 11.3. The van der Waals surface area contributed by atoms with Crippen molar-refractivity contribution in [2.24, 2.45) is 5.73 Å². The van der Waals surface area contributed by atoms with E-state index in [4.69, 9.17) is 15.6 Å². The predicted octanol–water partition coefficient (Wildman–Crippen LogP) is 3.58. The highest BCUT2D eigenvalue weighted by molar-refractivity contribution is 5.62. The molecule has 1 aliphatic rings. The van der Waals surface area contributed by atoms with Crippen LogP contribution in [0.15, 0.2) is 30.3 Å². The molecule has 102 valence electrons. The minimum absolute atomic E-state index is 0.640. The van der Waals surface area contributed by atoms with Gasteiger partial charge in [0.1, 0.15) is 0 Å². The van der Waals surface area contributed by atoms with Gasteiger partial charge in [0.05, 0.1) is 0 Å². The topological polar surface area (TPSA) is 63.3 Å². The molecule has 0 spiro atoms. The van der Waals surface area contributed by atoms with E-state index < -0.39 is 5.97 Å². The number of rotatable bonds is 1. The Morgan fingerprint density at radius 1 is 1.06 bits per heavy atom. The Bertz CT molecular complexity index is 279. The van der Waals surface area contributed by atoms with Crippen LogP contribution in [0.3, 0.4) is 0 Å². The van der Waals surface area contributed by atoms with Crippen LogP contribution in [0.4, 0.5) is 0 Å². The van der Waals surface area contributed by atoms with E-state index in [2.05, 4.69) is 0 Å². The van der Waals surface area contributed by atoms with Crippen molar-refractivity contribution in [2.75, 3.05) is 0 Å². The zero-order valence-corrected chi connectivity index (χ0v) is 11.3. The molecule has 1 aliphatic carbocycles. The number of aliphatic carboxylic acids is 1. The minimum Gasteiger partial charge on any atom is -0.481 e. The normalized spacial score (nSPS) is 13.4. The average molecular weight is 251 g/mol. The first-order chi connectivity index (χ1) is 8.66. The molecule has 0 radical (unpaired) electrons. The Morgan fingerprint density at radius 3 is 1.61 bits per heavy atom. The van der Waals surface area contributed by atoms with E-state index in [1.165, 1.54) is 44.1 Å². The van der Waals surface area contributed by atoms with Gasteiger partial charge in [-0.2, -0.15) is 0 Å². The molecule has 0 atom stereocenters. The van der Waals surface area contributed by atoms with Gasteiger partial charge < -0.3 is 10.8 Å². The van der Waals surface area contributed by atoms with Crippen LogP contribution < -0.4 is 5.73 Å². The van der Waals surface area contributed by atoms with Crippen LogP contribution in [0.25, 0.3) is 0 Å². The van der Waals surface area contributed by atoms with Crippen LogP contribution in [0.5, 0.6) is 0 Å². The Hall–Kier alpha value is -1.35. The number of carboxylic acid groups (broad SMARTS) is 1. The molecule has 0 saturated heterocycles. The molecule has 0 aliphatic heterocycles. The van der Waals surface area contributed by atoms with Crippen molar-refractivity contribution in [3.63, 3.8) is 0 Å². The lowest BCUT2D eigenvalue weighted by Crippen LogP contribution is -1.94. The fraction of sp³-hybridized carbons (Fsp3) is 0.533. The van der Waals surface area contributed by atoms with Gasteiger partial charge in [-0.15, -0.1) is 0 Å². The molecular formula is C15H25NO2. The van der Waals surface area contributed by atoms with Crippen molar-refractivity contribution in [3.05, 3.63) is 35.9 Å². The monoisotopic (exact) mass is 251 g/mol. The van der Waals surface area contributed by atoms with Gasteiger partial charge in [-0.1, -0.05) is 68.9 Å². The quantitative estimate of drug-likeness (QED) is 0.802. The first-order valence-corrected chi connectivity index (χ1v) is 6.60. The standard InChI is InChI=1S/C7H9N.C6H12.C2H4O2/c8-6-7-4-2-1-3-5-7;1-2-4-6-5-3-1;1-2(3)4/h1-5H,6,8H2;1-6H2;1H3,(H,3,4). The minimum atomic E-state index is -0.833. The summed E-state index contributed by atoms with van der Waals surface area (Å²) in [5.74, 6) is -0.833. The van der Waals surface area contributed by atoms with Gasteiger partial charge in [0, 0.05) is 13.5 Å². The molecule has 18 heavy (non-hydrogen) atoms. The molecule has 1 aromatic carbocycles. The summed E-state index contributed by atoms with van der Waals surface area (Å²) in [4.78, 5) is 9.00. The first-order valence-electron chi connectivity index (χ1n) is 6.60. The van der Waals surface area contributed by atoms with Gasteiger partial charge in [-0.3, -0.25) is 4.79 Å². The van der Waals surface area contributed by atoms with Crippen molar-refractivity contribution in [1.29, 1.82) is 0 Å². The molecule has 0 amide bonds. The van der Waals surface area contributed by atoms with Crippen LogP contribution >= 0.6 is 0 Å². The third-order valence-corrected chi connectivity index (χ3v) is 2.58. The molecule has 0 unspecified atom stereocenters. The predicted molar refractivity (Wildman–Crippen MR) is 75.3 cm³/mol. The summed E-state index contributed by atoms with van der Waals surface area (Å²) in [5, 5.41) is 7.42. The maximum absolute atomic E-state index is 9.00. The van der Waals surface area contributed by atoms with Crippen LogP contribution in [0.1, 0.15) is 51.0 Å². The zero-order chi connectivity index (χ0) is 13.6. The van der Waals surface area contributed by atoms with Crippen LogP contribution in [-0.2, 0) is 11.3 Å². The van der Waals surface area contributed by atoms with Crippen molar-refractivity contribution in [2.45, 2.75) is 52.0 Å². The number of carbonyl (C=O) groups is 1. The fourth-order valence-electron chi connectivity index (χ4n) is 1.67. The molecule has 1 fully saturated rings. The second-order valence-corrected chi connectivity index (χ2v) is 4.33. The molecule has 1 aromatic rings. The smallest absolute Gasteiger partial charge is 0.300 e. The third-order valence-electron chi connectivity index (χ3n) is 2.58. The second-order valence-electron chi connectivity index (χ2n) is 4.33. The molecule has 0 aromatic heterocycles. The number of benzene rings is 1. The number of hydrogen-bond acceptors (Lipinski definition) is 2. The molecule has 0 bridgehead atoms. The van der Waals surface area contributed by atoms with Crippen molar-refractivity contribution >= 4 is 5.97 Å². The van der Waals surface area contributed by atoms with Crippen molar-refractivity contribution < 1.29 is 9.90 Å². The van der Waals surface area contributed by atoms with E-state index in [-0.39, 0.29) is 0 Å². The molecule has 2 rings (SSSR count). The van der Waals surface area contributed by atoms with Gasteiger partial charge in [0.15, 0.2) is 0 Å². The Labute approximate surface area is 110 Å². The Morgan fingerprint density at radius 2 is 1.39 bits per heavy atom. The summed E-state index contributed by atoms with van der Waals surface area (Å²) in [6.45, 7) is 1.72. The highest BCUT2D eigenvalue weighted by atomic mass is 16.4. The van der Waals surface area contributed by atoms with Gasteiger partial charge in [0.2, 0.25) is 0 Å². The molecule has 3 N–H and O–H groups in total. The molecule has 3 heteroatoms. The summed E-state index contributed by atoms with van der Waals surface area (Å²) in [6, 6.07) is 9.99. The van der Waals surface area contributed by atoms with E-state index in [1.54, 1.807) is 0 Å². The average Bonchev–Trinajstić information content (AvgIpc) is 2.42. The summed E-state index contributed by atoms with van der Waals surface area (Å²) >= 11 is 0. The maximum atomic E-state index is 9.00. The Balaban J connectivity index is 0.000000257. The summed E-state index contributed by atoms with van der Waals surface area (Å²) < 4.78 is 0. The van der Waals surface area contributed by atoms with Crippen LogP contribution in [-0.4, -0.2) is 11.1 Å². The highest BCUT2D eigenvalue weighted by Crippen LogP contribution is 2.15. The second kappa shape index (κ2) is 12.1. The highest BCUT2D eigenvalue weighted by Gasteiger charge is 1.95. The van der Waals surface area contributed by atoms with E-state index in [0.29, 0.717) is 6.54 Å². The fourth-order valence-corrected chi connectivity index (χ4v) is 1.67. The largest absolute Gasteiger partial charge is 0.481 e.